The van der Waals surface area contributed by atoms with Gasteiger partial charge < -0.3 is 9.47 Å². The maximum absolute atomic E-state index is 13.4. The number of rotatable bonds is 6. The van der Waals surface area contributed by atoms with Crippen molar-refractivity contribution in [3.8, 4) is 29.9 Å². The SMILES string of the molecule is C#CCOc1c(Cl)cc(/C=C(/C#N)c2cccc(F)c2)cc1OCC. The minimum Gasteiger partial charge on any atom is -0.490 e. The number of benzene rings is 2. The van der Waals surface area contributed by atoms with Gasteiger partial charge in [-0.3, -0.25) is 0 Å². The van der Waals surface area contributed by atoms with E-state index in [0.29, 0.717) is 39.8 Å². The van der Waals surface area contributed by atoms with Gasteiger partial charge in [0.05, 0.1) is 23.3 Å². The van der Waals surface area contributed by atoms with Crippen molar-refractivity contribution in [3.05, 3.63) is 58.4 Å². The topological polar surface area (TPSA) is 42.2 Å². The molecule has 0 saturated carbocycles. The Kier molecular flexibility index (Phi) is 6.46. The molecule has 3 nitrogen and oxygen atoms in total. The highest BCUT2D eigenvalue weighted by Gasteiger charge is 2.12. The van der Waals surface area contributed by atoms with Crippen LogP contribution in [-0.4, -0.2) is 13.2 Å². The van der Waals surface area contributed by atoms with Gasteiger partial charge in [-0.2, -0.15) is 5.26 Å². The number of nitrogens with zero attached hydrogens (tertiary/aromatic N) is 1. The second-order valence-electron chi connectivity index (χ2n) is 4.94. The van der Waals surface area contributed by atoms with Crippen LogP contribution < -0.4 is 9.47 Å². The molecule has 0 aliphatic carbocycles. The first-order valence-electron chi connectivity index (χ1n) is 7.49. The van der Waals surface area contributed by atoms with Gasteiger partial charge in [-0.25, -0.2) is 4.39 Å². The van der Waals surface area contributed by atoms with Gasteiger partial charge in [0.15, 0.2) is 11.5 Å². The maximum Gasteiger partial charge on any atom is 0.181 e. The summed E-state index contributed by atoms with van der Waals surface area (Å²) < 4.78 is 24.4. The van der Waals surface area contributed by atoms with Gasteiger partial charge in [0.1, 0.15) is 12.4 Å². The molecule has 0 aliphatic heterocycles. The highest BCUT2D eigenvalue weighted by atomic mass is 35.5. The van der Waals surface area contributed by atoms with Crippen LogP contribution in [0.5, 0.6) is 11.5 Å². The quantitative estimate of drug-likeness (QED) is 0.418. The van der Waals surface area contributed by atoms with Gasteiger partial charge in [0, 0.05) is 0 Å². The third-order valence-electron chi connectivity index (χ3n) is 3.20. The summed E-state index contributed by atoms with van der Waals surface area (Å²) in [6.07, 6.45) is 6.81. The number of hydrogen-bond donors (Lipinski definition) is 0. The van der Waals surface area contributed by atoms with E-state index < -0.39 is 5.82 Å². The highest BCUT2D eigenvalue weighted by Crippen LogP contribution is 2.37. The van der Waals surface area contributed by atoms with Crippen LogP contribution in [0, 0.1) is 29.5 Å². The fourth-order valence-corrected chi connectivity index (χ4v) is 2.46. The van der Waals surface area contributed by atoms with Crippen LogP contribution in [-0.2, 0) is 0 Å². The fourth-order valence-electron chi connectivity index (χ4n) is 2.19. The van der Waals surface area contributed by atoms with Crippen molar-refractivity contribution >= 4 is 23.3 Å². The van der Waals surface area contributed by atoms with Crippen molar-refractivity contribution < 1.29 is 13.9 Å². The second-order valence-corrected chi connectivity index (χ2v) is 5.34. The monoisotopic (exact) mass is 355 g/mol. The molecule has 5 heteroatoms. The molecular formula is C20H15ClFNO2. The standard InChI is InChI=1S/C20H15ClFNO2/c1-3-8-25-20-18(21)10-14(11-19(20)24-4-2)9-16(13-23)15-6-5-7-17(22)12-15/h1,5-7,9-12H,4,8H2,2H3/b16-9-. The van der Waals surface area contributed by atoms with Crippen LogP contribution in [0.25, 0.3) is 11.6 Å². The minimum absolute atomic E-state index is 0.0573. The van der Waals surface area contributed by atoms with Crippen molar-refractivity contribution in [3.63, 3.8) is 0 Å². The van der Waals surface area contributed by atoms with Crippen LogP contribution in [0.3, 0.4) is 0 Å². The highest BCUT2D eigenvalue weighted by molar-refractivity contribution is 6.32. The van der Waals surface area contributed by atoms with Crippen molar-refractivity contribution in [1.82, 2.24) is 0 Å². The molecule has 25 heavy (non-hydrogen) atoms. The van der Waals surface area contributed by atoms with Crippen LogP contribution >= 0.6 is 11.6 Å². The Morgan fingerprint density at radius 1 is 1.32 bits per heavy atom. The van der Waals surface area contributed by atoms with Gasteiger partial charge in [0.2, 0.25) is 0 Å². The summed E-state index contributed by atoms with van der Waals surface area (Å²) in [5, 5.41) is 9.70. The Balaban J connectivity index is 2.48. The summed E-state index contributed by atoms with van der Waals surface area (Å²) in [6.45, 7) is 2.29. The van der Waals surface area contributed by atoms with E-state index in [-0.39, 0.29) is 6.61 Å². The number of nitriles is 1. The van der Waals surface area contributed by atoms with E-state index in [9.17, 15) is 9.65 Å². The lowest BCUT2D eigenvalue weighted by atomic mass is 10.0. The summed E-state index contributed by atoms with van der Waals surface area (Å²) in [6, 6.07) is 11.2. The molecule has 126 valence electrons. The molecule has 2 aromatic rings. The third kappa shape index (κ3) is 4.76. The summed E-state index contributed by atoms with van der Waals surface area (Å²) in [5.41, 5.74) is 1.40. The molecule has 0 bridgehead atoms. The summed E-state index contributed by atoms with van der Waals surface area (Å²) >= 11 is 6.26. The number of allylic oxidation sites excluding steroid dienone is 1. The molecule has 2 rings (SSSR count). The van der Waals surface area contributed by atoms with Gasteiger partial charge >= 0.3 is 0 Å². The lowest BCUT2D eigenvalue weighted by Gasteiger charge is -2.13. The van der Waals surface area contributed by atoms with Crippen LogP contribution in [0.1, 0.15) is 18.1 Å². The van der Waals surface area contributed by atoms with Crippen molar-refractivity contribution in [2.24, 2.45) is 0 Å². The molecule has 0 aliphatic rings. The van der Waals surface area contributed by atoms with Crippen molar-refractivity contribution in [1.29, 1.82) is 5.26 Å². The Hall–Kier alpha value is -2.95. The number of terminal acetylenes is 1. The summed E-state index contributed by atoms with van der Waals surface area (Å²) in [4.78, 5) is 0. The molecule has 0 aromatic heterocycles. The largest absolute Gasteiger partial charge is 0.490 e. The lowest BCUT2D eigenvalue weighted by Crippen LogP contribution is -2.00. The predicted octanol–water partition coefficient (Wildman–Crippen LogP) is 4.95. The van der Waals surface area contributed by atoms with E-state index in [1.54, 1.807) is 30.3 Å². The van der Waals surface area contributed by atoms with Gasteiger partial charge in [-0.15, -0.1) is 6.42 Å². The Morgan fingerprint density at radius 2 is 2.12 bits per heavy atom. The Labute approximate surface area is 151 Å². The van der Waals surface area contributed by atoms with E-state index in [0.717, 1.165) is 0 Å². The van der Waals surface area contributed by atoms with Crippen LogP contribution in [0.2, 0.25) is 5.02 Å². The second kappa shape index (κ2) is 8.78. The molecule has 2 aromatic carbocycles. The number of ether oxygens (including phenoxy) is 2. The van der Waals surface area contributed by atoms with Crippen LogP contribution in [0.15, 0.2) is 36.4 Å². The fraction of sp³-hybridized carbons (Fsp3) is 0.150. The summed E-state index contributed by atoms with van der Waals surface area (Å²) in [5.74, 6) is 2.73. The molecule has 0 N–H and O–H groups in total. The van der Waals surface area contributed by atoms with E-state index >= 15 is 0 Å². The first kappa shape index (κ1) is 18.4. The first-order valence-corrected chi connectivity index (χ1v) is 7.87. The molecule has 0 fully saturated rings. The zero-order valence-corrected chi connectivity index (χ0v) is 14.3. The minimum atomic E-state index is -0.412. The molecule has 0 heterocycles. The molecule has 0 spiro atoms. The number of halogens is 2. The first-order chi connectivity index (χ1) is 12.1. The molecule has 0 atom stereocenters. The van der Waals surface area contributed by atoms with Gasteiger partial charge in [-0.05, 0) is 48.4 Å². The van der Waals surface area contributed by atoms with Crippen molar-refractivity contribution in [2.75, 3.05) is 13.2 Å². The average Bonchev–Trinajstić information content (AvgIpc) is 2.59. The molecule has 0 unspecified atom stereocenters. The van der Waals surface area contributed by atoms with Gasteiger partial charge in [-0.1, -0.05) is 29.7 Å². The molecule has 0 amide bonds. The van der Waals surface area contributed by atoms with E-state index in [2.05, 4.69) is 12.0 Å². The number of hydrogen-bond acceptors (Lipinski definition) is 3. The van der Waals surface area contributed by atoms with E-state index in [1.807, 2.05) is 6.92 Å². The zero-order chi connectivity index (χ0) is 18.2. The van der Waals surface area contributed by atoms with Crippen LogP contribution in [0.4, 0.5) is 4.39 Å². The van der Waals surface area contributed by atoms with E-state index in [4.69, 9.17) is 27.5 Å². The smallest absolute Gasteiger partial charge is 0.181 e. The Morgan fingerprint density at radius 3 is 2.76 bits per heavy atom. The maximum atomic E-state index is 13.4. The van der Waals surface area contributed by atoms with Gasteiger partial charge in [0.25, 0.3) is 0 Å². The average molecular weight is 356 g/mol. The normalized spacial score (nSPS) is 10.7. The summed E-state index contributed by atoms with van der Waals surface area (Å²) in [7, 11) is 0. The predicted molar refractivity (Wildman–Crippen MR) is 96.8 cm³/mol. The van der Waals surface area contributed by atoms with E-state index in [1.165, 1.54) is 12.1 Å². The van der Waals surface area contributed by atoms with Crippen molar-refractivity contribution in [2.45, 2.75) is 6.92 Å². The molecule has 0 saturated heterocycles. The zero-order valence-electron chi connectivity index (χ0n) is 13.6. The molecule has 0 radical (unpaired) electrons. The lowest BCUT2D eigenvalue weighted by molar-refractivity contribution is 0.299. The molecular weight excluding hydrogens is 341 g/mol. The Bertz CT molecular complexity index is 878. The third-order valence-corrected chi connectivity index (χ3v) is 3.48.